The van der Waals surface area contributed by atoms with Gasteiger partial charge in [0.05, 0.1) is 5.56 Å². The summed E-state index contributed by atoms with van der Waals surface area (Å²) < 4.78 is 38.7. The highest BCUT2D eigenvalue weighted by Crippen LogP contribution is 2.32. The van der Waals surface area contributed by atoms with E-state index in [0.717, 1.165) is 16.5 Å². The molecule has 2 rings (SSSR count). The summed E-state index contributed by atoms with van der Waals surface area (Å²) in [6, 6.07) is 12.6. The lowest BCUT2D eigenvalue weighted by Gasteiger charge is -2.11. The van der Waals surface area contributed by atoms with Crippen LogP contribution < -0.4 is 0 Å². The summed E-state index contributed by atoms with van der Waals surface area (Å²) in [6.07, 6.45) is -2.05. The Kier molecular flexibility index (Phi) is 5.29. The van der Waals surface area contributed by atoms with Crippen molar-refractivity contribution in [3.05, 3.63) is 65.2 Å². The molecule has 0 aliphatic carbocycles. The van der Waals surface area contributed by atoms with Crippen molar-refractivity contribution in [3.63, 3.8) is 0 Å². The van der Waals surface area contributed by atoms with E-state index in [9.17, 15) is 18.0 Å². The molecule has 5 heteroatoms. The van der Waals surface area contributed by atoms with Crippen LogP contribution in [0, 0.1) is 0 Å². The molecule has 0 saturated carbocycles. The lowest BCUT2D eigenvalue weighted by Crippen LogP contribution is -2.13. The summed E-state index contributed by atoms with van der Waals surface area (Å²) in [4.78, 5) is 13.2. The van der Waals surface area contributed by atoms with Gasteiger partial charge in [0, 0.05) is 16.9 Å². The van der Waals surface area contributed by atoms with Gasteiger partial charge >= 0.3 is 6.18 Å². The first-order valence-corrected chi connectivity index (χ1v) is 7.96. The largest absolute Gasteiger partial charge is 0.417 e. The zero-order valence-corrected chi connectivity index (χ0v) is 12.8. The van der Waals surface area contributed by atoms with Crippen molar-refractivity contribution in [2.75, 3.05) is 6.26 Å². The van der Waals surface area contributed by atoms with Crippen LogP contribution in [0.4, 0.5) is 13.2 Å². The van der Waals surface area contributed by atoms with Crippen LogP contribution in [0.5, 0.6) is 0 Å². The molecule has 0 atom stereocenters. The zero-order chi connectivity index (χ0) is 16.2. The highest BCUT2D eigenvalue weighted by molar-refractivity contribution is 7.98. The van der Waals surface area contributed by atoms with E-state index in [1.54, 1.807) is 11.8 Å². The molecule has 0 aliphatic rings. The molecular formula is C17H15F3OS. The van der Waals surface area contributed by atoms with Gasteiger partial charge in [-0.15, -0.1) is 11.8 Å². The quantitative estimate of drug-likeness (QED) is 0.552. The van der Waals surface area contributed by atoms with Crippen molar-refractivity contribution < 1.29 is 18.0 Å². The number of Topliss-reactive ketones (excluding diaryl/α,β-unsaturated/α-hetero) is 1. The Morgan fingerprint density at radius 1 is 1.05 bits per heavy atom. The van der Waals surface area contributed by atoms with Crippen molar-refractivity contribution in [1.82, 2.24) is 0 Å². The van der Waals surface area contributed by atoms with Crippen LogP contribution in [-0.4, -0.2) is 12.0 Å². The Labute approximate surface area is 131 Å². The van der Waals surface area contributed by atoms with Gasteiger partial charge in [-0.1, -0.05) is 30.3 Å². The van der Waals surface area contributed by atoms with Crippen LogP contribution in [0.3, 0.4) is 0 Å². The van der Waals surface area contributed by atoms with Gasteiger partial charge in [0.2, 0.25) is 0 Å². The number of rotatable bonds is 5. The van der Waals surface area contributed by atoms with E-state index < -0.39 is 17.5 Å². The molecule has 22 heavy (non-hydrogen) atoms. The number of carbonyl (C=O) groups is 1. The average Bonchev–Trinajstić information content (AvgIpc) is 2.52. The molecule has 0 radical (unpaired) electrons. The third-order valence-corrected chi connectivity index (χ3v) is 4.08. The first kappa shape index (κ1) is 16.6. The molecule has 0 heterocycles. The summed E-state index contributed by atoms with van der Waals surface area (Å²) >= 11 is 1.61. The van der Waals surface area contributed by atoms with Gasteiger partial charge < -0.3 is 0 Å². The molecule has 0 aliphatic heterocycles. The van der Waals surface area contributed by atoms with Crippen LogP contribution in [0.15, 0.2) is 53.4 Å². The third kappa shape index (κ3) is 4.13. The van der Waals surface area contributed by atoms with E-state index in [1.165, 1.54) is 18.2 Å². The smallest absolute Gasteiger partial charge is 0.294 e. The fourth-order valence-electron chi connectivity index (χ4n) is 2.16. The standard InChI is InChI=1S/C17H15F3OS/c1-22-13-9-6-12(7-10-13)8-11-16(21)14-4-2-3-5-15(14)17(18,19)20/h2-7,9-10H,8,11H2,1H3. The van der Waals surface area contributed by atoms with Gasteiger partial charge in [-0.3, -0.25) is 4.79 Å². The van der Waals surface area contributed by atoms with E-state index >= 15 is 0 Å². The SMILES string of the molecule is CSc1ccc(CCC(=O)c2ccccc2C(F)(F)F)cc1. The Bertz CT molecular complexity index is 648. The van der Waals surface area contributed by atoms with Gasteiger partial charge in [-0.05, 0) is 36.4 Å². The molecule has 0 fully saturated rings. The molecule has 0 amide bonds. The van der Waals surface area contributed by atoms with Crippen LogP contribution in [0.25, 0.3) is 0 Å². The maximum Gasteiger partial charge on any atom is 0.417 e. The van der Waals surface area contributed by atoms with Crippen molar-refractivity contribution in [2.45, 2.75) is 23.9 Å². The number of halogens is 3. The molecule has 1 nitrogen and oxygen atoms in total. The summed E-state index contributed by atoms with van der Waals surface area (Å²) in [5.41, 5.74) is -0.177. The van der Waals surface area contributed by atoms with Crippen LogP contribution in [0.1, 0.15) is 27.9 Å². The number of aryl methyl sites for hydroxylation is 1. The molecule has 0 aromatic heterocycles. The lowest BCUT2D eigenvalue weighted by molar-refractivity contribution is -0.137. The molecule has 116 valence electrons. The molecule has 0 unspecified atom stereocenters. The summed E-state index contributed by atoms with van der Waals surface area (Å²) in [7, 11) is 0. The molecule has 0 saturated heterocycles. The van der Waals surface area contributed by atoms with E-state index in [-0.39, 0.29) is 12.0 Å². The maximum absolute atomic E-state index is 12.9. The summed E-state index contributed by atoms with van der Waals surface area (Å²) in [6.45, 7) is 0. The Morgan fingerprint density at radius 2 is 1.68 bits per heavy atom. The average molecular weight is 324 g/mol. The molecule has 0 N–H and O–H groups in total. The number of hydrogen-bond acceptors (Lipinski definition) is 2. The second-order valence-electron chi connectivity index (χ2n) is 4.81. The molecule has 2 aromatic carbocycles. The maximum atomic E-state index is 12.9. The van der Waals surface area contributed by atoms with Crippen molar-refractivity contribution in [2.24, 2.45) is 0 Å². The number of benzene rings is 2. The van der Waals surface area contributed by atoms with Crippen molar-refractivity contribution in [1.29, 1.82) is 0 Å². The first-order valence-electron chi connectivity index (χ1n) is 6.74. The lowest BCUT2D eigenvalue weighted by atomic mass is 9.98. The van der Waals surface area contributed by atoms with Gasteiger partial charge in [0.25, 0.3) is 0 Å². The molecule has 0 spiro atoms. The Hall–Kier alpha value is -1.75. The molecule has 2 aromatic rings. The van der Waals surface area contributed by atoms with Crippen molar-refractivity contribution >= 4 is 17.5 Å². The second-order valence-corrected chi connectivity index (χ2v) is 5.69. The van der Waals surface area contributed by atoms with E-state index in [4.69, 9.17) is 0 Å². The number of ketones is 1. The minimum atomic E-state index is -4.51. The predicted octanol–water partition coefficient (Wildman–Crippen LogP) is 5.24. The topological polar surface area (TPSA) is 17.1 Å². The number of thioether (sulfide) groups is 1. The summed E-state index contributed by atoms with van der Waals surface area (Å²) in [5, 5.41) is 0. The van der Waals surface area contributed by atoms with Gasteiger partial charge in [0.1, 0.15) is 0 Å². The van der Waals surface area contributed by atoms with Crippen molar-refractivity contribution in [3.8, 4) is 0 Å². The number of hydrogen-bond donors (Lipinski definition) is 0. The Morgan fingerprint density at radius 3 is 2.27 bits per heavy atom. The second kappa shape index (κ2) is 7.01. The van der Waals surface area contributed by atoms with Gasteiger partial charge in [-0.2, -0.15) is 13.2 Å². The first-order chi connectivity index (χ1) is 10.4. The zero-order valence-electron chi connectivity index (χ0n) is 12.0. The van der Waals surface area contributed by atoms with Crippen LogP contribution in [-0.2, 0) is 12.6 Å². The minimum Gasteiger partial charge on any atom is -0.294 e. The molecule has 0 bridgehead atoms. The van der Waals surface area contributed by atoms with E-state index in [1.807, 2.05) is 30.5 Å². The fraction of sp³-hybridized carbons (Fsp3) is 0.235. The van der Waals surface area contributed by atoms with Crippen LogP contribution >= 0.6 is 11.8 Å². The fourth-order valence-corrected chi connectivity index (χ4v) is 2.57. The predicted molar refractivity (Wildman–Crippen MR) is 82.3 cm³/mol. The highest BCUT2D eigenvalue weighted by atomic mass is 32.2. The van der Waals surface area contributed by atoms with Gasteiger partial charge in [0.15, 0.2) is 5.78 Å². The van der Waals surface area contributed by atoms with E-state index in [0.29, 0.717) is 6.42 Å². The van der Waals surface area contributed by atoms with Crippen LogP contribution in [0.2, 0.25) is 0 Å². The monoisotopic (exact) mass is 324 g/mol. The molecular weight excluding hydrogens is 309 g/mol. The number of carbonyl (C=O) groups excluding carboxylic acids is 1. The Balaban J connectivity index is 2.09. The minimum absolute atomic E-state index is 0.0612. The third-order valence-electron chi connectivity index (χ3n) is 3.33. The summed E-state index contributed by atoms with van der Waals surface area (Å²) in [5.74, 6) is -0.484. The van der Waals surface area contributed by atoms with E-state index in [2.05, 4.69) is 0 Å². The highest BCUT2D eigenvalue weighted by Gasteiger charge is 2.34. The number of alkyl halides is 3. The normalized spacial score (nSPS) is 11.5. The van der Waals surface area contributed by atoms with Gasteiger partial charge in [-0.25, -0.2) is 0 Å².